The number of nitrogens with zero attached hydrogens (tertiary/aromatic N) is 1. The summed E-state index contributed by atoms with van der Waals surface area (Å²) < 4.78 is 5.22. The Balaban J connectivity index is 2.58. The summed E-state index contributed by atoms with van der Waals surface area (Å²) in [4.78, 5) is 12.4. The number of nitrogens with two attached hydrogens (primary N) is 1. The van der Waals surface area contributed by atoms with Gasteiger partial charge in [-0.15, -0.1) is 0 Å². The third-order valence-corrected chi connectivity index (χ3v) is 3.13. The molecule has 2 unspecified atom stereocenters. The van der Waals surface area contributed by atoms with Crippen LogP contribution in [0, 0.1) is 11.3 Å². The average molecular weight is 261 g/mol. The highest BCUT2D eigenvalue weighted by Gasteiger charge is 2.48. The van der Waals surface area contributed by atoms with Crippen molar-refractivity contribution in [1.29, 1.82) is 0 Å². The maximum absolute atomic E-state index is 11.0. The van der Waals surface area contributed by atoms with Gasteiger partial charge in [0.25, 0.3) is 5.17 Å². The van der Waals surface area contributed by atoms with Crippen molar-refractivity contribution in [3.05, 3.63) is 0 Å². The van der Waals surface area contributed by atoms with E-state index in [1.165, 1.54) is 4.90 Å². The van der Waals surface area contributed by atoms with E-state index < -0.39 is 6.09 Å². The van der Waals surface area contributed by atoms with Crippen molar-refractivity contribution >= 4 is 23.5 Å². The number of likely N-dealkylation sites (tertiary alicyclic amines) is 1. The van der Waals surface area contributed by atoms with E-state index in [-0.39, 0.29) is 22.5 Å². The first-order chi connectivity index (χ1) is 7.77. The van der Waals surface area contributed by atoms with Gasteiger partial charge in [-0.05, 0) is 17.6 Å². The number of ether oxygens (including phenoxy) is 1. The van der Waals surface area contributed by atoms with Crippen molar-refractivity contribution in [2.24, 2.45) is 17.2 Å². The molecule has 1 saturated heterocycles. The van der Waals surface area contributed by atoms with E-state index in [1.54, 1.807) is 0 Å². The maximum atomic E-state index is 11.0. The number of carbonyl (C=O) groups is 1. The highest BCUT2D eigenvalue weighted by Crippen LogP contribution is 2.38. The lowest BCUT2D eigenvalue weighted by Crippen LogP contribution is -2.64. The van der Waals surface area contributed by atoms with Crippen molar-refractivity contribution in [2.75, 3.05) is 13.2 Å². The van der Waals surface area contributed by atoms with Gasteiger partial charge in [0.2, 0.25) is 0 Å². The molecule has 0 aromatic heterocycles. The summed E-state index contributed by atoms with van der Waals surface area (Å²) in [7, 11) is 0. The van der Waals surface area contributed by atoms with Crippen molar-refractivity contribution in [3.8, 4) is 0 Å². The third-order valence-electron chi connectivity index (χ3n) is 2.89. The van der Waals surface area contributed by atoms with Crippen LogP contribution < -0.4 is 11.3 Å². The predicted molar refractivity (Wildman–Crippen MR) is 67.3 cm³/mol. The number of hydrogen-bond acceptors (Lipinski definition) is 4. The minimum Gasteiger partial charge on any atom is -0.470 e. The van der Waals surface area contributed by atoms with Crippen LogP contribution in [0.15, 0.2) is 0 Å². The zero-order chi connectivity index (χ0) is 13.2. The Morgan fingerprint density at radius 3 is 2.65 bits per heavy atom. The van der Waals surface area contributed by atoms with Gasteiger partial charge in [-0.3, -0.25) is 5.43 Å². The number of nitrogens with one attached hydrogen (secondary N) is 1. The molecule has 0 radical (unpaired) electrons. The largest absolute Gasteiger partial charge is 0.470 e. The Morgan fingerprint density at radius 2 is 2.24 bits per heavy atom. The van der Waals surface area contributed by atoms with E-state index in [4.69, 9.17) is 27.9 Å². The standard InChI is InChI=1S/C10H19N3O3S/c1-10(2,3)7-6(4-13(7)9(14)15)5-16-8(17)12-11/h6-7H,4-5,11H2,1-3H3,(H,12,17)(H,14,15). The zero-order valence-corrected chi connectivity index (χ0v) is 11.1. The van der Waals surface area contributed by atoms with Gasteiger partial charge in [-0.1, -0.05) is 20.8 Å². The number of carboxylic acid groups (broad SMARTS) is 1. The summed E-state index contributed by atoms with van der Waals surface area (Å²) in [5.74, 6) is 5.24. The van der Waals surface area contributed by atoms with Crippen LogP contribution >= 0.6 is 12.2 Å². The van der Waals surface area contributed by atoms with Crippen molar-refractivity contribution in [1.82, 2.24) is 10.3 Å². The molecule has 1 amide bonds. The number of amides is 1. The van der Waals surface area contributed by atoms with Crippen LogP contribution in [0.25, 0.3) is 0 Å². The molecule has 0 aromatic carbocycles. The van der Waals surface area contributed by atoms with Crippen LogP contribution in [0.4, 0.5) is 4.79 Å². The van der Waals surface area contributed by atoms with Gasteiger partial charge in [0, 0.05) is 18.5 Å². The fourth-order valence-corrected chi connectivity index (χ4v) is 2.39. The Kier molecular flexibility index (Phi) is 4.16. The zero-order valence-electron chi connectivity index (χ0n) is 10.3. The minimum atomic E-state index is -0.888. The summed E-state index contributed by atoms with van der Waals surface area (Å²) in [5, 5.41) is 9.17. The van der Waals surface area contributed by atoms with Crippen LogP contribution in [0.1, 0.15) is 20.8 Å². The quantitative estimate of drug-likeness (QED) is 0.387. The SMILES string of the molecule is CC(C)(C)C1C(COC(=S)NN)CN1C(=O)O. The second-order valence-corrected chi connectivity index (χ2v) is 5.62. The number of hydrogen-bond donors (Lipinski definition) is 3. The Bertz CT molecular complexity index is 316. The van der Waals surface area contributed by atoms with E-state index in [0.717, 1.165) is 0 Å². The molecule has 0 bridgehead atoms. The van der Waals surface area contributed by atoms with Gasteiger partial charge < -0.3 is 14.7 Å². The molecule has 98 valence electrons. The van der Waals surface area contributed by atoms with Gasteiger partial charge in [0.05, 0.1) is 6.61 Å². The molecule has 1 fully saturated rings. The van der Waals surface area contributed by atoms with Crippen LogP contribution in [0.5, 0.6) is 0 Å². The topological polar surface area (TPSA) is 87.8 Å². The molecule has 0 aromatic rings. The van der Waals surface area contributed by atoms with Crippen molar-refractivity contribution in [3.63, 3.8) is 0 Å². The average Bonchev–Trinajstić information content (AvgIpc) is 2.12. The first-order valence-electron chi connectivity index (χ1n) is 5.40. The Morgan fingerprint density at radius 1 is 1.65 bits per heavy atom. The maximum Gasteiger partial charge on any atom is 0.407 e. The molecule has 4 N–H and O–H groups in total. The van der Waals surface area contributed by atoms with Crippen molar-refractivity contribution < 1.29 is 14.6 Å². The van der Waals surface area contributed by atoms with E-state index in [9.17, 15) is 4.79 Å². The van der Waals surface area contributed by atoms with Crippen LogP contribution in [0.3, 0.4) is 0 Å². The lowest BCUT2D eigenvalue weighted by Gasteiger charge is -2.52. The van der Waals surface area contributed by atoms with Gasteiger partial charge in [-0.25, -0.2) is 10.6 Å². The molecule has 0 aliphatic carbocycles. The minimum absolute atomic E-state index is 0.0550. The fourth-order valence-electron chi connectivity index (χ4n) is 2.32. The first-order valence-corrected chi connectivity index (χ1v) is 5.81. The summed E-state index contributed by atoms with van der Waals surface area (Å²) in [6.07, 6.45) is -0.888. The van der Waals surface area contributed by atoms with E-state index in [2.05, 4.69) is 5.43 Å². The highest BCUT2D eigenvalue weighted by molar-refractivity contribution is 7.80. The highest BCUT2D eigenvalue weighted by atomic mass is 32.1. The number of rotatable bonds is 2. The molecule has 1 rings (SSSR count). The molecule has 6 nitrogen and oxygen atoms in total. The van der Waals surface area contributed by atoms with Gasteiger partial charge in [-0.2, -0.15) is 0 Å². The predicted octanol–water partition coefficient (Wildman–Crippen LogP) is 0.776. The molecule has 2 atom stereocenters. The van der Waals surface area contributed by atoms with E-state index in [0.29, 0.717) is 13.2 Å². The molecule has 17 heavy (non-hydrogen) atoms. The second-order valence-electron chi connectivity index (χ2n) is 5.25. The lowest BCUT2D eigenvalue weighted by molar-refractivity contribution is -0.0531. The summed E-state index contributed by atoms with van der Waals surface area (Å²) >= 11 is 4.77. The van der Waals surface area contributed by atoms with Gasteiger partial charge in [0.1, 0.15) is 0 Å². The monoisotopic (exact) mass is 261 g/mol. The molecular weight excluding hydrogens is 242 g/mol. The second kappa shape index (κ2) is 5.05. The number of hydrazine groups is 1. The lowest BCUT2D eigenvalue weighted by atomic mass is 9.72. The summed E-state index contributed by atoms with van der Waals surface area (Å²) in [6, 6.07) is -0.0550. The van der Waals surface area contributed by atoms with Crippen LogP contribution in [-0.2, 0) is 4.74 Å². The molecule has 1 aliphatic rings. The van der Waals surface area contributed by atoms with E-state index >= 15 is 0 Å². The summed E-state index contributed by atoms with van der Waals surface area (Å²) in [5.41, 5.74) is 2.11. The van der Waals surface area contributed by atoms with E-state index in [1.807, 2.05) is 20.8 Å². The molecule has 0 saturated carbocycles. The molecule has 1 heterocycles. The van der Waals surface area contributed by atoms with Gasteiger partial charge >= 0.3 is 6.09 Å². The molecular formula is C10H19N3O3S. The van der Waals surface area contributed by atoms with Crippen molar-refractivity contribution in [2.45, 2.75) is 26.8 Å². The normalized spacial score (nSPS) is 23.9. The summed E-state index contributed by atoms with van der Waals surface area (Å²) in [6.45, 7) is 6.90. The van der Waals surface area contributed by atoms with Crippen LogP contribution in [0.2, 0.25) is 0 Å². The molecule has 1 aliphatic heterocycles. The molecule has 7 heteroatoms. The Labute approximate surface area is 106 Å². The molecule has 0 spiro atoms. The smallest absolute Gasteiger partial charge is 0.407 e. The fraction of sp³-hybridized carbons (Fsp3) is 0.800. The number of thiocarbonyl (C=S) groups is 1. The van der Waals surface area contributed by atoms with Crippen LogP contribution in [-0.4, -0.2) is 40.5 Å². The Hall–Kier alpha value is -1.08. The van der Waals surface area contributed by atoms with Gasteiger partial charge in [0.15, 0.2) is 0 Å². The third kappa shape index (κ3) is 3.19. The first kappa shape index (κ1) is 14.0.